The Bertz CT molecular complexity index is 1350. The van der Waals surface area contributed by atoms with E-state index >= 15 is 0 Å². The number of amidine groups is 2. The lowest BCUT2D eigenvalue weighted by molar-refractivity contribution is -0.114. The first-order valence-corrected chi connectivity index (χ1v) is 11.7. The van der Waals surface area contributed by atoms with Crippen molar-refractivity contribution in [2.45, 2.75) is 26.8 Å². The van der Waals surface area contributed by atoms with Crippen LogP contribution in [-0.2, 0) is 11.3 Å². The second-order valence-electron chi connectivity index (χ2n) is 8.20. The molecule has 0 saturated carbocycles. The standard InChI is InChI=1S/C26H24N4O2S/c1-17-12-18(2)14-20(13-17)32-10-5-8-29-16-19(21-6-3-4-7-23(21)29)15-22-24(27)30-9-11-33-26(30)28-25(22)31/h3-4,6-7,9,11-16,27H,5,8,10H2,1-2H3/b22-15-,27-24?. The molecule has 0 spiro atoms. The molecular weight excluding hydrogens is 432 g/mol. The first-order valence-electron chi connectivity index (χ1n) is 10.8. The zero-order chi connectivity index (χ0) is 22.9. The average molecular weight is 457 g/mol. The molecule has 3 aromatic rings. The molecule has 33 heavy (non-hydrogen) atoms. The highest BCUT2D eigenvalue weighted by Crippen LogP contribution is 2.29. The number of nitrogens with zero attached hydrogens (tertiary/aromatic N) is 3. The summed E-state index contributed by atoms with van der Waals surface area (Å²) in [7, 11) is 0. The third-order valence-electron chi connectivity index (χ3n) is 5.64. The number of fused-ring (bicyclic) bond motifs is 2. The molecule has 0 saturated heterocycles. The minimum atomic E-state index is -0.374. The van der Waals surface area contributed by atoms with Gasteiger partial charge in [-0.1, -0.05) is 36.0 Å². The molecule has 6 nitrogen and oxygen atoms in total. The maximum absolute atomic E-state index is 12.6. The number of carbonyl (C=O) groups excluding carboxylic acids is 1. The van der Waals surface area contributed by atoms with Crippen molar-refractivity contribution in [3.63, 3.8) is 0 Å². The summed E-state index contributed by atoms with van der Waals surface area (Å²) < 4.78 is 8.16. The number of rotatable bonds is 6. The maximum atomic E-state index is 12.6. The normalized spacial score (nSPS) is 16.6. The Hall–Kier alpha value is -3.58. The molecule has 1 N–H and O–H groups in total. The van der Waals surface area contributed by atoms with Gasteiger partial charge in [-0.15, -0.1) is 0 Å². The molecule has 1 amide bonds. The van der Waals surface area contributed by atoms with Gasteiger partial charge in [-0.05, 0) is 61.1 Å². The third-order valence-corrected chi connectivity index (χ3v) is 6.40. The number of carbonyl (C=O) groups is 1. The molecule has 0 aliphatic carbocycles. The summed E-state index contributed by atoms with van der Waals surface area (Å²) in [6.07, 6.45) is 6.44. The van der Waals surface area contributed by atoms with Crippen LogP contribution in [0.3, 0.4) is 0 Å². The molecule has 2 aliphatic rings. The molecule has 0 atom stereocenters. The van der Waals surface area contributed by atoms with Crippen molar-refractivity contribution in [3.8, 4) is 5.75 Å². The van der Waals surface area contributed by atoms with E-state index in [1.165, 1.54) is 22.9 Å². The van der Waals surface area contributed by atoms with Gasteiger partial charge in [0.25, 0.3) is 5.91 Å². The number of benzene rings is 2. The van der Waals surface area contributed by atoms with Gasteiger partial charge in [-0.3, -0.25) is 15.1 Å². The number of hydrogen-bond acceptors (Lipinski definition) is 4. The summed E-state index contributed by atoms with van der Waals surface area (Å²) >= 11 is 1.35. The quantitative estimate of drug-likeness (QED) is 0.393. The Morgan fingerprint density at radius 1 is 1.15 bits per heavy atom. The fourth-order valence-electron chi connectivity index (χ4n) is 4.20. The van der Waals surface area contributed by atoms with E-state index in [1.807, 2.05) is 29.8 Å². The van der Waals surface area contributed by atoms with Gasteiger partial charge < -0.3 is 9.30 Å². The second-order valence-corrected chi connectivity index (χ2v) is 9.07. The van der Waals surface area contributed by atoms with Crippen LogP contribution in [0.5, 0.6) is 5.75 Å². The van der Waals surface area contributed by atoms with Gasteiger partial charge in [0.1, 0.15) is 11.6 Å². The number of ether oxygens (including phenoxy) is 1. The number of aryl methyl sites for hydroxylation is 3. The molecule has 166 valence electrons. The van der Waals surface area contributed by atoms with Crippen LogP contribution < -0.4 is 4.74 Å². The molecule has 0 radical (unpaired) electrons. The van der Waals surface area contributed by atoms with E-state index in [1.54, 1.807) is 17.2 Å². The van der Waals surface area contributed by atoms with E-state index in [-0.39, 0.29) is 11.7 Å². The lowest BCUT2D eigenvalue weighted by Gasteiger charge is -2.22. The molecule has 0 bridgehead atoms. The zero-order valence-electron chi connectivity index (χ0n) is 18.5. The summed E-state index contributed by atoms with van der Waals surface area (Å²) in [4.78, 5) is 18.4. The molecule has 2 aliphatic heterocycles. The lowest BCUT2D eigenvalue weighted by Crippen LogP contribution is -2.35. The molecule has 3 heterocycles. The smallest absolute Gasteiger partial charge is 0.283 e. The Morgan fingerprint density at radius 2 is 1.94 bits per heavy atom. The molecule has 5 rings (SSSR count). The predicted octanol–water partition coefficient (Wildman–Crippen LogP) is 5.50. The SMILES string of the molecule is Cc1cc(C)cc(OCCCn2cc(/C=C3/C(=N)N4C=CSC4=NC3=O)c3ccccc32)c1. The van der Waals surface area contributed by atoms with Crippen molar-refractivity contribution in [1.29, 1.82) is 5.41 Å². The van der Waals surface area contributed by atoms with Crippen LogP contribution in [0.25, 0.3) is 17.0 Å². The van der Waals surface area contributed by atoms with E-state index < -0.39 is 0 Å². The highest BCUT2D eigenvalue weighted by atomic mass is 32.2. The van der Waals surface area contributed by atoms with Gasteiger partial charge in [-0.25, -0.2) is 0 Å². The molecule has 7 heteroatoms. The fraction of sp³-hybridized carbons (Fsp3) is 0.192. The zero-order valence-corrected chi connectivity index (χ0v) is 19.4. The van der Waals surface area contributed by atoms with E-state index in [9.17, 15) is 4.79 Å². The molecule has 0 fully saturated rings. The van der Waals surface area contributed by atoms with E-state index in [4.69, 9.17) is 10.1 Å². The van der Waals surface area contributed by atoms with Crippen LogP contribution in [-0.4, -0.2) is 33.0 Å². The number of para-hydroxylation sites is 1. The second kappa shape index (κ2) is 8.75. The number of aliphatic imine (C=N–C) groups is 1. The first kappa shape index (κ1) is 21.3. The topological polar surface area (TPSA) is 70.7 Å². The van der Waals surface area contributed by atoms with Gasteiger partial charge in [0.15, 0.2) is 5.17 Å². The highest BCUT2D eigenvalue weighted by Gasteiger charge is 2.31. The Morgan fingerprint density at radius 3 is 2.76 bits per heavy atom. The Balaban J connectivity index is 1.36. The molecule has 0 unspecified atom stereocenters. The third kappa shape index (κ3) is 4.24. The van der Waals surface area contributed by atoms with Crippen molar-refractivity contribution in [1.82, 2.24) is 9.47 Å². The van der Waals surface area contributed by atoms with Crippen LogP contribution in [0.15, 0.2) is 70.8 Å². The van der Waals surface area contributed by atoms with Gasteiger partial charge in [0.05, 0.1) is 12.2 Å². The largest absolute Gasteiger partial charge is 0.494 e. The summed E-state index contributed by atoms with van der Waals surface area (Å²) in [5.41, 5.74) is 4.68. The average Bonchev–Trinajstić information content (AvgIpc) is 3.38. The van der Waals surface area contributed by atoms with Crippen molar-refractivity contribution < 1.29 is 9.53 Å². The highest BCUT2D eigenvalue weighted by molar-refractivity contribution is 8.16. The summed E-state index contributed by atoms with van der Waals surface area (Å²) in [5, 5.41) is 11.9. The van der Waals surface area contributed by atoms with Gasteiger partial charge in [-0.2, -0.15) is 4.99 Å². The summed E-state index contributed by atoms with van der Waals surface area (Å²) in [5.74, 6) is 0.685. The Kier molecular flexibility index (Phi) is 5.64. The van der Waals surface area contributed by atoms with Crippen molar-refractivity contribution >= 4 is 45.7 Å². The van der Waals surface area contributed by atoms with Gasteiger partial charge in [0.2, 0.25) is 0 Å². The number of aromatic nitrogens is 1. The predicted molar refractivity (Wildman–Crippen MR) is 135 cm³/mol. The van der Waals surface area contributed by atoms with Crippen LogP contribution in [0, 0.1) is 19.3 Å². The molecular formula is C26H24N4O2S. The lowest BCUT2D eigenvalue weighted by atomic mass is 10.1. The molecule has 1 aromatic heterocycles. The van der Waals surface area contributed by atoms with E-state index in [0.29, 0.717) is 17.3 Å². The maximum Gasteiger partial charge on any atom is 0.283 e. The van der Waals surface area contributed by atoms with Gasteiger partial charge in [0, 0.05) is 35.4 Å². The minimum absolute atomic E-state index is 0.157. The van der Waals surface area contributed by atoms with Crippen LogP contribution in [0.4, 0.5) is 0 Å². The van der Waals surface area contributed by atoms with E-state index in [0.717, 1.165) is 35.2 Å². The summed E-state index contributed by atoms with van der Waals surface area (Å²) in [6.45, 7) is 5.55. The number of nitrogens with one attached hydrogen (secondary N) is 1. The van der Waals surface area contributed by atoms with Gasteiger partial charge >= 0.3 is 0 Å². The van der Waals surface area contributed by atoms with Crippen molar-refractivity contribution in [2.75, 3.05) is 6.61 Å². The number of amides is 1. The minimum Gasteiger partial charge on any atom is -0.494 e. The van der Waals surface area contributed by atoms with Crippen molar-refractivity contribution in [3.05, 3.63) is 82.5 Å². The molecule has 2 aromatic carbocycles. The first-order chi connectivity index (χ1) is 16.0. The monoisotopic (exact) mass is 456 g/mol. The van der Waals surface area contributed by atoms with Crippen LogP contribution >= 0.6 is 11.8 Å². The van der Waals surface area contributed by atoms with Crippen LogP contribution in [0.1, 0.15) is 23.1 Å². The number of hydrogen-bond donors (Lipinski definition) is 1. The van der Waals surface area contributed by atoms with Crippen molar-refractivity contribution in [2.24, 2.45) is 4.99 Å². The number of thioether (sulfide) groups is 1. The van der Waals surface area contributed by atoms with Crippen LogP contribution in [0.2, 0.25) is 0 Å². The fourth-order valence-corrected chi connectivity index (χ4v) is 4.91. The summed E-state index contributed by atoms with van der Waals surface area (Å²) in [6, 6.07) is 14.4. The van der Waals surface area contributed by atoms with E-state index in [2.05, 4.69) is 47.7 Å². The Labute approximate surface area is 196 Å².